The van der Waals surface area contributed by atoms with E-state index in [4.69, 9.17) is 24.9 Å². The van der Waals surface area contributed by atoms with Crippen LogP contribution >= 0.6 is 0 Å². The topological polar surface area (TPSA) is 107 Å². The van der Waals surface area contributed by atoms with Crippen LogP contribution in [0.25, 0.3) is 231 Å². The Morgan fingerprint density at radius 3 is 1.32 bits per heavy atom. The van der Waals surface area contributed by atoms with Gasteiger partial charge < -0.3 is 13.4 Å². The quantitative estimate of drug-likeness (QED) is 0.157. The lowest BCUT2D eigenvalue weighted by Gasteiger charge is -2.13. The second-order valence-electron chi connectivity index (χ2n) is 28.2. The smallest absolute Gasteiger partial charge is 0.237 e. The van der Waals surface area contributed by atoms with Crippen molar-refractivity contribution >= 4 is 163 Å². The average Bonchev–Trinajstić information content (AvgIpc) is 1.52. The highest BCUT2D eigenvalue weighted by Gasteiger charge is 2.29. The van der Waals surface area contributed by atoms with Crippen molar-refractivity contribution in [3.63, 3.8) is 0 Å². The summed E-state index contributed by atoms with van der Waals surface area (Å²) in [4.78, 5) is 27.7. The molecule has 0 fully saturated rings. The molecule has 486 valence electrons. The second-order valence-corrected chi connectivity index (χ2v) is 28.2. The fraction of sp³-hybridized carbons (Fsp3) is 0. The van der Waals surface area contributed by atoms with Crippen molar-refractivity contribution in [3.05, 3.63) is 321 Å². The van der Waals surface area contributed by atoms with Gasteiger partial charge in [0.05, 0.1) is 101 Å². The zero-order valence-electron chi connectivity index (χ0n) is 56.5. The minimum Gasteiger partial charge on any atom is -0.309 e. The first kappa shape index (κ1) is 57.0. The van der Waals surface area contributed by atoms with Gasteiger partial charge in [-0.3, -0.25) is 4.57 Å². The van der Waals surface area contributed by atoms with Gasteiger partial charge in [-0.25, -0.2) is 19.9 Å². The Balaban J connectivity index is 0.730. The van der Waals surface area contributed by atoms with E-state index < -0.39 is 0 Å². The molecule has 0 aliphatic carbocycles. The lowest BCUT2D eigenvalue weighted by molar-refractivity contribution is 1.01. The van der Waals surface area contributed by atoms with E-state index in [0.29, 0.717) is 17.2 Å². The first-order valence-electron chi connectivity index (χ1n) is 35.8. The second kappa shape index (κ2) is 21.2. The molecule has 0 radical (unpaired) electrons. The first-order chi connectivity index (χ1) is 52.5. The summed E-state index contributed by atoms with van der Waals surface area (Å²) in [6, 6.07) is 115. The number of pyridine rings is 1. The number of para-hydroxylation sites is 5. The Hall–Kier alpha value is -14.7. The van der Waals surface area contributed by atoms with E-state index >= 15 is 0 Å². The standard InChI is InChI=1S/C96H52N10/c97-53-54-30-32-57(33-31-54)90-69-43-44-75(100-95(69)102-96(101-90)106-83-50-63-21-7-5-19-61(63)47-74(83)87-85(106)52-71-67-23-8-13-27-78(67)104-80-29-15-10-24-68(80)88(87)93(71)104)64-40-45-81-72(48-64)89-86-73-46-60-18-4-6-20-62(60)49-82(73)103(84(86)51-70-66-22-9-14-28-79(66)105(81)94(70)89)65-41-38-59(39-42-65)92-91(98-76-25-11-12-26-77(76)99-92)58-36-34-56(35-37-58)55-16-2-1-3-17-55/h1-52H. The minimum absolute atomic E-state index is 0.498. The summed E-state index contributed by atoms with van der Waals surface area (Å²) in [6.45, 7) is 0. The maximum atomic E-state index is 10.1. The van der Waals surface area contributed by atoms with Gasteiger partial charge >= 0.3 is 0 Å². The highest BCUT2D eigenvalue weighted by Crippen LogP contribution is 2.51. The molecule has 10 nitrogen and oxygen atoms in total. The van der Waals surface area contributed by atoms with Crippen molar-refractivity contribution in [1.82, 2.24) is 42.9 Å². The Morgan fingerprint density at radius 2 is 0.708 bits per heavy atom. The number of benzene rings is 15. The Labute approximate surface area is 602 Å². The van der Waals surface area contributed by atoms with E-state index in [1.54, 1.807) is 0 Å². The molecular weight excluding hydrogens is 1290 g/mol. The van der Waals surface area contributed by atoms with Gasteiger partial charge in [-0.05, 0) is 148 Å². The molecule has 0 saturated heterocycles. The molecule has 0 aliphatic rings. The zero-order valence-corrected chi connectivity index (χ0v) is 56.5. The van der Waals surface area contributed by atoms with Gasteiger partial charge in [-0.1, -0.05) is 200 Å². The number of aromatic nitrogens is 9. The van der Waals surface area contributed by atoms with Crippen LogP contribution in [0.3, 0.4) is 0 Å². The summed E-state index contributed by atoms with van der Waals surface area (Å²) in [7, 11) is 0. The van der Waals surface area contributed by atoms with Gasteiger partial charge in [0.25, 0.3) is 0 Å². The normalized spacial score (nSPS) is 12.3. The summed E-state index contributed by atoms with van der Waals surface area (Å²) < 4.78 is 9.68. The van der Waals surface area contributed by atoms with Gasteiger partial charge in [0, 0.05) is 98.0 Å². The predicted molar refractivity (Wildman–Crippen MR) is 435 cm³/mol. The van der Waals surface area contributed by atoms with Gasteiger partial charge in [0.2, 0.25) is 5.95 Å². The molecule has 24 aromatic rings. The van der Waals surface area contributed by atoms with Crippen LogP contribution in [0.4, 0.5) is 0 Å². The van der Waals surface area contributed by atoms with Crippen LogP contribution in [0.15, 0.2) is 315 Å². The molecule has 15 aromatic carbocycles. The van der Waals surface area contributed by atoms with E-state index in [-0.39, 0.29) is 0 Å². The molecule has 0 unspecified atom stereocenters. The largest absolute Gasteiger partial charge is 0.309 e. The molecule has 10 heteroatoms. The average molecular weight is 1350 g/mol. The third kappa shape index (κ3) is 7.89. The minimum atomic E-state index is 0.498. The van der Waals surface area contributed by atoms with Crippen LogP contribution in [0.1, 0.15) is 5.56 Å². The molecule has 9 heterocycles. The van der Waals surface area contributed by atoms with E-state index in [2.05, 4.69) is 291 Å². The molecule has 106 heavy (non-hydrogen) atoms. The highest BCUT2D eigenvalue weighted by atomic mass is 15.2. The van der Waals surface area contributed by atoms with Gasteiger partial charge in [0.15, 0.2) is 5.65 Å². The lowest BCUT2D eigenvalue weighted by atomic mass is 9.99. The fourth-order valence-electron chi connectivity index (χ4n) is 17.9. The number of rotatable bonds is 7. The molecular formula is C96H52N10. The van der Waals surface area contributed by atoms with Crippen LogP contribution in [0.5, 0.6) is 0 Å². The SMILES string of the molecule is N#Cc1ccc(-c2nc(-n3c4cc5ccccc5cc4c4c5c6ccccc6n6c7ccccc7c(cc43)c56)nc3nc(-c4ccc5c(c4)c4c6c7cc8ccccc8cc7n(-c7ccc(-c8nc9ccccc9nc8-c8ccc(-c9ccccc9)cc8)cc7)c6cc6c7ccccc7n5c64)ccc23)cc1. The predicted octanol–water partition coefficient (Wildman–Crippen LogP) is 24.0. The Morgan fingerprint density at radius 1 is 0.255 bits per heavy atom. The van der Waals surface area contributed by atoms with E-state index in [9.17, 15) is 5.26 Å². The molecule has 0 saturated carbocycles. The molecule has 0 amide bonds. The summed E-state index contributed by atoms with van der Waals surface area (Å²) in [5, 5.41) is 29.5. The first-order valence-corrected chi connectivity index (χ1v) is 35.8. The van der Waals surface area contributed by atoms with Crippen molar-refractivity contribution in [2.45, 2.75) is 0 Å². The lowest BCUT2D eigenvalue weighted by Crippen LogP contribution is -2.05. The monoisotopic (exact) mass is 1340 g/mol. The van der Waals surface area contributed by atoms with Crippen molar-refractivity contribution in [1.29, 1.82) is 5.26 Å². The van der Waals surface area contributed by atoms with E-state index in [1.807, 2.05) is 48.5 Å². The highest BCUT2D eigenvalue weighted by molar-refractivity contribution is 6.38. The third-order valence-electron chi connectivity index (χ3n) is 22.6. The molecule has 9 aromatic heterocycles. The van der Waals surface area contributed by atoms with Gasteiger partial charge in [-0.2, -0.15) is 10.2 Å². The number of hydrogen-bond donors (Lipinski definition) is 0. The summed E-state index contributed by atoms with van der Waals surface area (Å²) in [5.74, 6) is 0.498. The Bertz CT molecular complexity index is 7990. The van der Waals surface area contributed by atoms with Crippen LogP contribution < -0.4 is 0 Å². The van der Waals surface area contributed by atoms with Gasteiger partial charge in [-0.15, -0.1) is 0 Å². The number of fused-ring (bicyclic) bond motifs is 24. The number of nitrogens with zero attached hydrogens (tertiary/aromatic N) is 10. The summed E-state index contributed by atoms with van der Waals surface area (Å²) in [6.07, 6.45) is 0. The maximum Gasteiger partial charge on any atom is 0.237 e. The van der Waals surface area contributed by atoms with Crippen LogP contribution in [-0.2, 0) is 0 Å². The molecule has 0 N–H and O–H groups in total. The Kier molecular flexibility index (Phi) is 11.4. The maximum absolute atomic E-state index is 10.1. The summed E-state index contributed by atoms with van der Waals surface area (Å²) in [5.41, 5.74) is 24.3. The summed E-state index contributed by atoms with van der Waals surface area (Å²) >= 11 is 0. The van der Waals surface area contributed by atoms with Crippen LogP contribution in [0.2, 0.25) is 0 Å². The number of nitriles is 1. The van der Waals surface area contributed by atoms with E-state index in [0.717, 1.165) is 149 Å². The molecule has 0 bridgehead atoms. The van der Waals surface area contributed by atoms with Crippen molar-refractivity contribution in [3.8, 4) is 73.9 Å². The zero-order chi connectivity index (χ0) is 69.1. The molecule has 0 spiro atoms. The van der Waals surface area contributed by atoms with Gasteiger partial charge in [0.1, 0.15) is 0 Å². The van der Waals surface area contributed by atoms with Crippen molar-refractivity contribution in [2.24, 2.45) is 0 Å². The van der Waals surface area contributed by atoms with Crippen LogP contribution in [-0.4, -0.2) is 42.9 Å². The fourth-order valence-corrected chi connectivity index (χ4v) is 17.9. The van der Waals surface area contributed by atoms with Crippen molar-refractivity contribution < 1.29 is 0 Å². The molecule has 0 atom stereocenters. The van der Waals surface area contributed by atoms with E-state index in [1.165, 1.54) is 70.7 Å². The molecule has 0 aliphatic heterocycles. The van der Waals surface area contributed by atoms with Crippen molar-refractivity contribution in [2.75, 3.05) is 0 Å². The molecule has 24 rings (SSSR count). The van der Waals surface area contributed by atoms with Crippen LogP contribution in [0, 0.1) is 11.3 Å². The third-order valence-corrected chi connectivity index (χ3v) is 22.6. The number of hydrogen-bond acceptors (Lipinski definition) is 6.